The zero-order valence-corrected chi connectivity index (χ0v) is 20.1. The third-order valence-electron chi connectivity index (χ3n) is 6.16. The average Bonchev–Trinajstić information content (AvgIpc) is 3.10. The van der Waals surface area contributed by atoms with E-state index in [-0.39, 0.29) is 13.2 Å². The monoisotopic (exact) mass is 442 g/mol. The van der Waals surface area contributed by atoms with E-state index >= 15 is 0 Å². The summed E-state index contributed by atoms with van der Waals surface area (Å²) in [5, 5.41) is 29.1. The minimum Gasteiger partial charge on any atom is -0.388 e. The molecule has 184 valence electrons. The van der Waals surface area contributed by atoms with Crippen LogP contribution in [-0.2, 0) is 9.47 Å². The first-order valence-electron chi connectivity index (χ1n) is 13.0. The van der Waals surface area contributed by atoms with Gasteiger partial charge in [-0.05, 0) is 32.1 Å². The summed E-state index contributed by atoms with van der Waals surface area (Å²) in [5.74, 6) is 0. The van der Waals surface area contributed by atoms with Gasteiger partial charge in [-0.25, -0.2) is 0 Å². The maximum Gasteiger partial charge on any atom is 0.114 e. The first-order valence-corrected chi connectivity index (χ1v) is 13.0. The lowest BCUT2D eigenvalue weighted by Crippen LogP contribution is -2.40. The molecule has 0 aromatic rings. The van der Waals surface area contributed by atoms with Crippen LogP contribution in [0.5, 0.6) is 0 Å². The van der Waals surface area contributed by atoms with Gasteiger partial charge in [0, 0.05) is 6.61 Å². The Hall–Kier alpha value is -0.460. The van der Waals surface area contributed by atoms with Crippen molar-refractivity contribution < 1.29 is 24.8 Å². The van der Waals surface area contributed by atoms with Crippen molar-refractivity contribution in [3.8, 4) is 0 Å². The van der Waals surface area contributed by atoms with E-state index in [4.69, 9.17) is 9.47 Å². The maximum atomic E-state index is 9.96. The molecule has 1 aliphatic heterocycles. The number of unbranched alkanes of at least 4 members (excludes halogenated alkanes) is 14. The summed E-state index contributed by atoms with van der Waals surface area (Å²) in [6.45, 7) is 3.09. The van der Waals surface area contributed by atoms with Gasteiger partial charge in [0.15, 0.2) is 0 Å². The van der Waals surface area contributed by atoms with Gasteiger partial charge in [-0.2, -0.15) is 0 Å². The second-order valence-electron chi connectivity index (χ2n) is 9.14. The molecule has 3 N–H and O–H groups in total. The minimum absolute atomic E-state index is 0.0668. The molecule has 0 aliphatic carbocycles. The third-order valence-corrected chi connectivity index (χ3v) is 6.16. The molecular weight excluding hydrogens is 392 g/mol. The largest absolute Gasteiger partial charge is 0.388 e. The quantitative estimate of drug-likeness (QED) is 0.166. The summed E-state index contributed by atoms with van der Waals surface area (Å²) in [6.07, 6.45) is 22.0. The van der Waals surface area contributed by atoms with E-state index in [0.717, 1.165) is 12.8 Å². The summed E-state index contributed by atoms with van der Waals surface area (Å²) < 4.78 is 10.7. The minimum atomic E-state index is -1.03. The van der Waals surface area contributed by atoms with Crippen molar-refractivity contribution in [1.82, 2.24) is 0 Å². The van der Waals surface area contributed by atoms with Crippen LogP contribution in [0.2, 0.25) is 0 Å². The Morgan fingerprint density at radius 2 is 1.32 bits per heavy atom. The van der Waals surface area contributed by atoms with Crippen molar-refractivity contribution in [2.45, 2.75) is 134 Å². The standard InChI is InChI=1S/C26H50O5/c1-2-3-4-5-6-7-8-9-10-11-12-13-14-15-16-17-18-19-20-30-21-24(28)26-25(29)23(27)22-31-26/h12-13,23-29H,2-11,14-22H2,1H3/b13-12+/t23-,24+,25+,26+/m0/s1. The van der Waals surface area contributed by atoms with Gasteiger partial charge in [-0.3, -0.25) is 0 Å². The molecular formula is C26H50O5. The molecule has 1 fully saturated rings. The van der Waals surface area contributed by atoms with Crippen LogP contribution in [0.1, 0.15) is 110 Å². The summed E-state index contributed by atoms with van der Waals surface area (Å²) in [5.41, 5.74) is 0. The van der Waals surface area contributed by atoms with Crippen molar-refractivity contribution in [3.63, 3.8) is 0 Å². The van der Waals surface area contributed by atoms with Gasteiger partial charge in [0.2, 0.25) is 0 Å². The Balaban J connectivity index is 1.76. The molecule has 4 atom stereocenters. The molecule has 5 heteroatoms. The number of aliphatic hydroxyl groups is 3. The molecule has 0 radical (unpaired) electrons. The fourth-order valence-corrected chi connectivity index (χ4v) is 4.07. The first-order chi connectivity index (χ1) is 15.2. The van der Waals surface area contributed by atoms with E-state index in [1.54, 1.807) is 0 Å². The molecule has 5 nitrogen and oxygen atoms in total. The van der Waals surface area contributed by atoms with Crippen LogP contribution in [0.15, 0.2) is 12.2 Å². The smallest absolute Gasteiger partial charge is 0.114 e. The molecule has 0 saturated carbocycles. The predicted octanol–water partition coefficient (Wildman–Crippen LogP) is 5.30. The third kappa shape index (κ3) is 15.1. The highest BCUT2D eigenvalue weighted by Gasteiger charge is 2.39. The summed E-state index contributed by atoms with van der Waals surface area (Å²) in [4.78, 5) is 0. The molecule has 0 bridgehead atoms. The van der Waals surface area contributed by atoms with Gasteiger partial charge >= 0.3 is 0 Å². The van der Waals surface area contributed by atoms with Crippen LogP contribution in [0.4, 0.5) is 0 Å². The van der Waals surface area contributed by atoms with Crippen LogP contribution < -0.4 is 0 Å². The van der Waals surface area contributed by atoms with Crippen LogP contribution in [0.25, 0.3) is 0 Å². The molecule has 1 heterocycles. The highest BCUT2D eigenvalue weighted by Crippen LogP contribution is 2.18. The number of allylic oxidation sites excluding steroid dienone is 2. The second-order valence-corrected chi connectivity index (χ2v) is 9.14. The highest BCUT2D eigenvalue weighted by atomic mass is 16.5. The van der Waals surface area contributed by atoms with E-state index in [1.807, 2.05) is 0 Å². The van der Waals surface area contributed by atoms with Crippen LogP contribution in [-0.4, -0.2) is 59.6 Å². The van der Waals surface area contributed by atoms with Gasteiger partial charge in [0.05, 0.1) is 13.2 Å². The van der Waals surface area contributed by atoms with Gasteiger partial charge in [0.1, 0.15) is 24.4 Å². The summed E-state index contributed by atoms with van der Waals surface area (Å²) >= 11 is 0. The molecule has 0 aromatic heterocycles. The lowest BCUT2D eigenvalue weighted by atomic mass is 10.1. The normalized spacial score (nSPS) is 22.5. The zero-order valence-electron chi connectivity index (χ0n) is 20.1. The Morgan fingerprint density at radius 1 is 0.806 bits per heavy atom. The molecule has 1 saturated heterocycles. The number of aliphatic hydroxyl groups excluding tert-OH is 3. The van der Waals surface area contributed by atoms with Crippen molar-refractivity contribution in [1.29, 1.82) is 0 Å². The van der Waals surface area contributed by atoms with Gasteiger partial charge < -0.3 is 24.8 Å². The molecule has 1 aliphatic rings. The van der Waals surface area contributed by atoms with E-state index in [1.165, 1.54) is 89.9 Å². The summed E-state index contributed by atoms with van der Waals surface area (Å²) in [6, 6.07) is 0. The number of hydrogen-bond acceptors (Lipinski definition) is 5. The Labute approximate surface area is 191 Å². The zero-order chi connectivity index (χ0) is 22.6. The van der Waals surface area contributed by atoms with Crippen molar-refractivity contribution in [2.24, 2.45) is 0 Å². The van der Waals surface area contributed by atoms with E-state index in [2.05, 4.69) is 19.1 Å². The lowest BCUT2D eigenvalue weighted by molar-refractivity contribution is -0.0813. The molecule has 0 unspecified atom stereocenters. The van der Waals surface area contributed by atoms with Crippen LogP contribution >= 0.6 is 0 Å². The second kappa shape index (κ2) is 20.2. The molecule has 1 rings (SSSR count). The maximum absolute atomic E-state index is 9.96. The fourth-order valence-electron chi connectivity index (χ4n) is 4.07. The van der Waals surface area contributed by atoms with Crippen molar-refractivity contribution in [2.75, 3.05) is 19.8 Å². The fraction of sp³-hybridized carbons (Fsp3) is 0.923. The molecule has 0 amide bonds. The topological polar surface area (TPSA) is 79.2 Å². The van der Waals surface area contributed by atoms with Gasteiger partial charge in [-0.1, -0.05) is 89.7 Å². The van der Waals surface area contributed by atoms with Crippen molar-refractivity contribution in [3.05, 3.63) is 12.2 Å². The summed E-state index contributed by atoms with van der Waals surface area (Å²) in [7, 11) is 0. The molecule has 0 spiro atoms. The van der Waals surface area contributed by atoms with Crippen molar-refractivity contribution >= 4 is 0 Å². The van der Waals surface area contributed by atoms with Gasteiger partial charge in [0.25, 0.3) is 0 Å². The number of rotatable bonds is 21. The average molecular weight is 443 g/mol. The van der Waals surface area contributed by atoms with Gasteiger partial charge in [-0.15, -0.1) is 0 Å². The van der Waals surface area contributed by atoms with E-state index in [9.17, 15) is 15.3 Å². The first kappa shape index (κ1) is 28.6. The number of hydrogen-bond donors (Lipinski definition) is 3. The molecule has 0 aromatic carbocycles. The number of ether oxygens (including phenoxy) is 2. The SMILES string of the molecule is CCCCCCCCCCC/C=C/CCCCCCCOC[C@@H](O)[C@H]1OC[C@H](O)[C@H]1O. The molecule has 31 heavy (non-hydrogen) atoms. The Bertz CT molecular complexity index is 415. The van der Waals surface area contributed by atoms with Crippen LogP contribution in [0, 0.1) is 0 Å². The predicted molar refractivity (Wildman–Crippen MR) is 127 cm³/mol. The van der Waals surface area contributed by atoms with E-state index < -0.39 is 24.4 Å². The van der Waals surface area contributed by atoms with E-state index in [0.29, 0.717) is 6.61 Å². The lowest BCUT2D eigenvalue weighted by Gasteiger charge is -2.20. The Morgan fingerprint density at radius 3 is 1.84 bits per heavy atom. The van der Waals surface area contributed by atoms with Crippen LogP contribution in [0.3, 0.4) is 0 Å². The Kier molecular flexibility index (Phi) is 18.6. The highest BCUT2D eigenvalue weighted by molar-refractivity contribution is 4.87.